The lowest BCUT2D eigenvalue weighted by Crippen LogP contribution is -2.11. The summed E-state index contributed by atoms with van der Waals surface area (Å²) in [6, 6.07) is 38.1. The quantitative estimate of drug-likeness (QED) is 0.228. The van der Waals surface area contributed by atoms with Gasteiger partial charge in [0.2, 0.25) is 0 Å². The van der Waals surface area contributed by atoms with E-state index in [-0.39, 0.29) is 0 Å². The van der Waals surface area contributed by atoms with E-state index >= 15 is 0 Å². The maximum absolute atomic E-state index is 6.85. The van der Waals surface area contributed by atoms with Gasteiger partial charge in [0.25, 0.3) is 0 Å². The highest BCUT2D eigenvalue weighted by Gasteiger charge is 2.19. The van der Waals surface area contributed by atoms with E-state index in [0.717, 1.165) is 33.8 Å². The Morgan fingerprint density at radius 1 is 0.528 bits per heavy atom. The number of anilines is 3. The summed E-state index contributed by atoms with van der Waals surface area (Å²) >= 11 is 13.4. The highest BCUT2D eigenvalue weighted by Crippen LogP contribution is 2.44. The Balaban J connectivity index is 1.73. The van der Waals surface area contributed by atoms with E-state index in [1.165, 1.54) is 22.3 Å². The van der Waals surface area contributed by atoms with Gasteiger partial charge in [0.05, 0.1) is 15.7 Å². The molecule has 5 aromatic rings. The van der Waals surface area contributed by atoms with Gasteiger partial charge in [-0.05, 0) is 96.1 Å². The van der Waals surface area contributed by atoms with Crippen molar-refractivity contribution in [3.63, 3.8) is 0 Å². The third-order valence-electron chi connectivity index (χ3n) is 6.52. The molecule has 0 heterocycles. The predicted molar refractivity (Wildman–Crippen MR) is 156 cm³/mol. The molecule has 5 rings (SSSR count). The van der Waals surface area contributed by atoms with Crippen molar-refractivity contribution in [1.82, 2.24) is 0 Å². The van der Waals surface area contributed by atoms with Gasteiger partial charge in [0.1, 0.15) is 0 Å². The summed E-state index contributed by atoms with van der Waals surface area (Å²) in [6.07, 6.45) is 0. The van der Waals surface area contributed by atoms with Gasteiger partial charge in [-0.15, -0.1) is 0 Å². The summed E-state index contributed by atoms with van der Waals surface area (Å²) in [6.45, 7) is 6.32. The van der Waals surface area contributed by atoms with Crippen LogP contribution < -0.4 is 4.90 Å². The SMILES string of the molecule is Cc1cc(Cl)c(Cl)c(N(c2cccc(-c3ccccc3C)c2)c2cccc(-c3ccccc3C)c2)c1. The monoisotopic (exact) mass is 507 g/mol. The summed E-state index contributed by atoms with van der Waals surface area (Å²) in [4.78, 5) is 2.20. The maximum atomic E-state index is 6.85. The maximum Gasteiger partial charge on any atom is 0.0832 e. The number of benzene rings is 5. The van der Waals surface area contributed by atoms with Crippen molar-refractivity contribution in [1.29, 1.82) is 0 Å². The third-order valence-corrected chi connectivity index (χ3v) is 7.31. The number of hydrogen-bond donors (Lipinski definition) is 0. The molecule has 0 saturated carbocycles. The number of nitrogens with zero attached hydrogens (tertiary/aromatic N) is 1. The van der Waals surface area contributed by atoms with Gasteiger partial charge < -0.3 is 4.90 Å². The van der Waals surface area contributed by atoms with E-state index in [0.29, 0.717) is 10.0 Å². The lowest BCUT2D eigenvalue weighted by Gasteiger charge is -2.28. The molecular weight excluding hydrogens is 481 g/mol. The lowest BCUT2D eigenvalue weighted by molar-refractivity contribution is 1.27. The number of halogens is 2. The molecule has 36 heavy (non-hydrogen) atoms. The Bertz CT molecular complexity index is 1460. The van der Waals surface area contributed by atoms with Gasteiger partial charge in [-0.2, -0.15) is 0 Å². The molecule has 0 unspecified atom stereocenters. The van der Waals surface area contributed by atoms with Crippen molar-refractivity contribution in [2.24, 2.45) is 0 Å². The third kappa shape index (κ3) is 4.78. The van der Waals surface area contributed by atoms with Crippen molar-refractivity contribution in [2.45, 2.75) is 20.8 Å². The first-order chi connectivity index (χ1) is 17.4. The molecule has 178 valence electrons. The zero-order chi connectivity index (χ0) is 25.2. The zero-order valence-electron chi connectivity index (χ0n) is 20.6. The first-order valence-corrected chi connectivity index (χ1v) is 12.8. The highest BCUT2D eigenvalue weighted by atomic mass is 35.5. The summed E-state index contributed by atoms with van der Waals surface area (Å²) in [5.74, 6) is 0. The van der Waals surface area contributed by atoms with Crippen molar-refractivity contribution in [2.75, 3.05) is 4.90 Å². The van der Waals surface area contributed by atoms with Crippen LogP contribution in [0.2, 0.25) is 10.0 Å². The van der Waals surface area contributed by atoms with Crippen LogP contribution in [-0.4, -0.2) is 0 Å². The minimum Gasteiger partial charge on any atom is -0.309 e. The molecule has 0 atom stereocenters. The van der Waals surface area contributed by atoms with Crippen LogP contribution in [-0.2, 0) is 0 Å². The molecule has 0 aliphatic rings. The predicted octanol–water partition coefficient (Wildman–Crippen LogP) is 10.7. The fourth-order valence-corrected chi connectivity index (χ4v) is 5.18. The topological polar surface area (TPSA) is 3.24 Å². The molecule has 0 fully saturated rings. The molecule has 0 amide bonds. The summed E-state index contributed by atoms with van der Waals surface area (Å²) < 4.78 is 0. The Kier molecular flexibility index (Phi) is 6.87. The van der Waals surface area contributed by atoms with Crippen LogP contribution in [0, 0.1) is 20.8 Å². The molecule has 0 aliphatic heterocycles. The van der Waals surface area contributed by atoms with E-state index in [4.69, 9.17) is 23.2 Å². The average Bonchev–Trinajstić information content (AvgIpc) is 2.88. The summed E-state index contributed by atoms with van der Waals surface area (Å²) in [7, 11) is 0. The molecule has 0 spiro atoms. The Hall–Kier alpha value is -3.52. The van der Waals surface area contributed by atoms with Gasteiger partial charge in [0.15, 0.2) is 0 Å². The van der Waals surface area contributed by atoms with E-state index in [9.17, 15) is 0 Å². The molecular formula is C33H27Cl2N. The van der Waals surface area contributed by atoms with Crippen LogP contribution in [0.15, 0.2) is 109 Å². The fraction of sp³-hybridized carbons (Fsp3) is 0.0909. The fourth-order valence-electron chi connectivity index (χ4n) is 4.71. The molecule has 0 aliphatic carbocycles. The van der Waals surface area contributed by atoms with E-state index in [1.807, 2.05) is 13.0 Å². The van der Waals surface area contributed by atoms with Gasteiger partial charge >= 0.3 is 0 Å². The van der Waals surface area contributed by atoms with Crippen molar-refractivity contribution in [3.05, 3.63) is 136 Å². The standard InChI is InChI=1S/C33H27Cl2N/c1-22-18-31(34)33(35)32(19-22)36(27-14-8-12-25(20-27)29-16-6-4-10-23(29)2)28-15-9-13-26(21-28)30-17-7-5-11-24(30)3/h4-21H,1-3H3. The van der Waals surface area contributed by atoms with Gasteiger partial charge in [-0.3, -0.25) is 0 Å². The first-order valence-electron chi connectivity index (χ1n) is 12.0. The van der Waals surface area contributed by atoms with Gasteiger partial charge in [-0.1, -0.05) is 96.0 Å². The summed E-state index contributed by atoms with van der Waals surface area (Å²) in [5, 5.41) is 1.08. The van der Waals surface area contributed by atoms with Gasteiger partial charge in [-0.25, -0.2) is 0 Å². The molecule has 0 saturated heterocycles. The van der Waals surface area contributed by atoms with Crippen molar-refractivity contribution >= 4 is 40.3 Å². The van der Waals surface area contributed by atoms with Crippen LogP contribution in [0.5, 0.6) is 0 Å². The second kappa shape index (κ2) is 10.2. The van der Waals surface area contributed by atoms with E-state index < -0.39 is 0 Å². The van der Waals surface area contributed by atoms with Crippen LogP contribution in [0.3, 0.4) is 0 Å². The molecule has 1 nitrogen and oxygen atoms in total. The first kappa shape index (κ1) is 24.2. The normalized spacial score (nSPS) is 10.9. The Morgan fingerprint density at radius 3 is 1.53 bits per heavy atom. The van der Waals surface area contributed by atoms with Gasteiger partial charge in [0, 0.05) is 11.4 Å². The number of rotatable bonds is 5. The van der Waals surface area contributed by atoms with E-state index in [1.54, 1.807) is 0 Å². The molecule has 5 aromatic carbocycles. The zero-order valence-corrected chi connectivity index (χ0v) is 22.1. The Morgan fingerprint density at radius 2 is 1.03 bits per heavy atom. The van der Waals surface area contributed by atoms with Crippen LogP contribution in [0.25, 0.3) is 22.3 Å². The average molecular weight is 508 g/mol. The minimum atomic E-state index is 0.532. The molecule has 0 aromatic heterocycles. The molecule has 0 radical (unpaired) electrons. The van der Waals surface area contributed by atoms with Crippen LogP contribution in [0.1, 0.15) is 16.7 Å². The molecule has 3 heteroatoms. The summed E-state index contributed by atoms with van der Waals surface area (Å²) in [5.41, 5.74) is 11.1. The number of aryl methyl sites for hydroxylation is 3. The van der Waals surface area contributed by atoms with E-state index in [2.05, 4.69) is 122 Å². The molecule has 0 bridgehead atoms. The molecule has 0 N–H and O–H groups in total. The minimum absolute atomic E-state index is 0.532. The van der Waals surface area contributed by atoms with Crippen LogP contribution >= 0.6 is 23.2 Å². The lowest BCUT2D eigenvalue weighted by atomic mass is 9.98. The highest BCUT2D eigenvalue weighted by molar-refractivity contribution is 6.44. The van der Waals surface area contributed by atoms with Crippen molar-refractivity contribution in [3.8, 4) is 22.3 Å². The smallest absolute Gasteiger partial charge is 0.0832 e. The Labute approximate surface area is 223 Å². The largest absolute Gasteiger partial charge is 0.309 e. The number of hydrogen-bond acceptors (Lipinski definition) is 1. The second-order valence-electron chi connectivity index (χ2n) is 9.15. The van der Waals surface area contributed by atoms with Crippen molar-refractivity contribution < 1.29 is 0 Å². The van der Waals surface area contributed by atoms with Crippen LogP contribution in [0.4, 0.5) is 17.1 Å². The second-order valence-corrected chi connectivity index (χ2v) is 9.93.